The van der Waals surface area contributed by atoms with E-state index in [0.717, 1.165) is 22.8 Å². The standard InChI is InChI=1S/C38H31N11O3/c50-34-32(35(51)52)21-26-11-1-2-16-31(26)33(34)46-47-36-43-37(48(22-27-12-3-7-17-39-27)23-28-13-4-8-18-40-28)45-38(44-36)49(24-29-14-5-9-19-41-29)25-30-15-6-10-20-42-30/h1-21,50H,22-25H2,(H,51,52)/b47-46+. The van der Waals surface area contributed by atoms with Crippen LogP contribution >= 0.6 is 0 Å². The number of aromatic nitrogens is 7. The fourth-order valence-corrected chi connectivity index (χ4v) is 5.49. The molecule has 0 saturated heterocycles. The number of hydrogen-bond donors (Lipinski definition) is 2. The molecule has 0 fully saturated rings. The van der Waals surface area contributed by atoms with Crippen molar-refractivity contribution in [1.29, 1.82) is 0 Å². The summed E-state index contributed by atoms with van der Waals surface area (Å²) < 4.78 is 0. The molecule has 0 aliphatic carbocycles. The number of carboxylic acids is 1. The number of aromatic carboxylic acids is 1. The van der Waals surface area contributed by atoms with Crippen LogP contribution in [0.25, 0.3) is 10.8 Å². The molecule has 2 aromatic carbocycles. The predicted octanol–water partition coefficient (Wildman–Crippen LogP) is 6.84. The third-order valence-corrected chi connectivity index (χ3v) is 7.95. The van der Waals surface area contributed by atoms with E-state index in [9.17, 15) is 15.0 Å². The maximum Gasteiger partial charge on any atom is 0.339 e. The Morgan fingerprint density at radius 2 is 1.02 bits per heavy atom. The van der Waals surface area contributed by atoms with E-state index in [0.29, 0.717) is 37.0 Å². The minimum absolute atomic E-state index is 0.0309. The summed E-state index contributed by atoms with van der Waals surface area (Å²) in [5.74, 6) is -1.39. The number of phenols is 1. The topological polar surface area (TPSA) is 179 Å². The van der Waals surface area contributed by atoms with Crippen LogP contribution in [0.15, 0.2) is 138 Å². The van der Waals surface area contributed by atoms with Crippen molar-refractivity contribution < 1.29 is 15.0 Å². The van der Waals surface area contributed by atoms with Gasteiger partial charge in [0.15, 0.2) is 5.75 Å². The lowest BCUT2D eigenvalue weighted by atomic mass is 10.0. The fraction of sp³-hybridized carbons (Fsp3) is 0.105. The highest BCUT2D eigenvalue weighted by Gasteiger charge is 2.22. The average Bonchev–Trinajstić information content (AvgIpc) is 3.18. The van der Waals surface area contributed by atoms with E-state index in [1.165, 1.54) is 6.07 Å². The van der Waals surface area contributed by atoms with Gasteiger partial charge in [0.25, 0.3) is 5.95 Å². The number of fused-ring (bicyclic) bond motifs is 1. The zero-order valence-electron chi connectivity index (χ0n) is 27.7. The Morgan fingerprint density at radius 1 is 0.577 bits per heavy atom. The van der Waals surface area contributed by atoms with E-state index in [2.05, 4.69) is 30.2 Å². The Bertz CT molecular complexity index is 2130. The van der Waals surface area contributed by atoms with Gasteiger partial charge in [0, 0.05) is 30.2 Å². The minimum Gasteiger partial charge on any atom is -0.505 e. The van der Waals surface area contributed by atoms with Crippen molar-refractivity contribution >= 4 is 40.3 Å². The quantitative estimate of drug-likeness (QED) is 0.121. The molecule has 7 rings (SSSR count). The van der Waals surface area contributed by atoms with E-state index in [1.54, 1.807) is 49.1 Å². The number of hydrogen-bond acceptors (Lipinski definition) is 13. The first-order valence-electron chi connectivity index (χ1n) is 16.3. The van der Waals surface area contributed by atoms with Crippen molar-refractivity contribution in [2.45, 2.75) is 26.2 Å². The van der Waals surface area contributed by atoms with Crippen LogP contribution in [0.2, 0.25) is 0 Å². The largest absolute Gasteiger partial charge is 0.505 e. The van der Waals surface area contributed by atoms with Gasteiger partial charge in [-0.05, 0) is 60.0 Å². The van der Waals surface area contributed by atoms with Crippen LogP contribution in [0.1, 0.15) is 33.1 Å². The summed E-state index contributed by atoms with van der Waals surface area (Å²) in [5.41, 5.74) is 2.73. The number of pyridine rings is 4. The number of nitrogens with zero attached hydrogens (tertiary/aromatic N) is 11. The smallest absolute Gasteiger partial charge is 0.339 e. The van der Waals surface area contributed by atoms with Gasteiger partial charge in [-0.15, -0.1) is 10.2 Å². The molecule has 0 aliphatic rings. The van der Waals surface area contributed by atoms with E-state index in [4.69, 9.17) is 15.0 Å². The number of anilines is 2. The third-order valence-electron chi connectivity index (χ3n) is 7.95. The predicted molar refractivity (Wildman–Crippen MR) is 193 cm³/mol. The van der Waals surface area contributed by atoms with E-state index in [1.807, 2.05) is 82.6 Å². The molecule has 7 aromatic rings. The molecule has 14 heteroatoms. The molecule has 0 aliphatic heterocycles. The molecule has 5 heterocycles. The van der Waals surface area contributed by atoms with Crippen LogP contribution in [0.5, 0.6) is 5.75 Å². The van der Waals surface area contributed by atoms with Gasteiger partial charge in [0.2, 0.25) is 11.9 Å². The number of azo groups is 1. The summed E-state index contributed by atoms with van der Waals surface area (Å²) in [5, 5.41) is 30.7. The number of aromatic hydroxyl groups is 1. The first-order valence-corrected chi connectivity index (χ1v) is 16.3. The highest BCUT2D eigenvalue weighted by molar-refractivity contribution is 6.04. The van der Waals surface area contributed by atoms with Crippen LogP contribution in [-0.4, -0.2) is 51.1 Å². The average molecular weight is 690 g/mol. The minimum atomic E-state index is -1.30. The van der Waals surface area contributed by atoms with Crippen molar-refractivity contribution in [1.82, 2.24) is 34.9 Å². The molecule has 0 saturated carbocycles. The SMILES string of the molecule is O=C(O)c1cc2ccccc2c(/N=N/c2nc(N(Cc3ccccn3)Cc3ccccn3)nc(N(Cc3ccccn3)Cc3ccccn3)n2)c1O. The normalized spacial score (nSPS) is 11.2. The molecule has 0 unspecified atom stereocenters. The maximum atomic E-state index is 12.0. The summed E-state index contributed by atoms with van der Waals surface area (Å²) in [6.07, 6.45) is 6.87. The molecule has 0 atom stereocenters. The molecule has 0 bridgehead atoms. The van der Waals surface area contributed by atoms with Gasteiger partial charge in [0.1, 0.15) is 11.3 Å². The van der Waals surface area contributed by atoms with Gasteiger partial charge < -0.3 is 20.0 Å². The second-order valence-corrected chi connectivity index (χ2v) is 11.6. The van der Waals surface area contributed by atoms with Gasteiger partial charge >= 0.3 is 5.97 Å². The Balaban J connectivity index is 1.38. The second-order valence-electron chi connectivity index (χ2n) is 11.6. The molecule has 256 valence electrons. The molecule has 5 aromatic heterocycles. The Hall–Kier alpha value is -7.22. The van der Waals surface area contributed by atoms with Gasteiger partial charge in [-0.3, -0.25) is 19.9 Å². The number of carbonyl (C=O) groups is 1. The lowest BCUT2D eigenvalue weighted by molar-refractivity contribution is 0.0694. The Kier molecular flexibility index (Phi) is 9.95. The lowest BCUT2D eigenvalue weighted by Crippen LogP contribution is -2.29. The Morgan fingerprint density at radius 3 is 1.44 bits per heavy atom. The van der Waals surface area contributed by atoms with Crippen molar-refractivity contribution in [3.63, 3.8) is 0 Å². The van der Waals surface area contributed by atoms with Crippen molar-refractivity contribution in [2.24, 2.45) is 10.2 Å². The summed E-state index contributed by atoms with van der Waals surface area (Å²) >= 11 is 0. The van der Waals surface area contributed by atoms with Crippen molar-refractivity contribution in [3.8, 4) is 5.75 Å². The fourth-order valence-electron chi connectivity index (χ4n) is 5.49. The van der Waals surface area contributed by atoms with E-state index >= 15 is 0 Å². The number of carboxylic acid groups (broad SMARTS) is 1. The monoisotopic (exact) mass is 689 g/mol. The molecular weight excluding hydrogens is 658 g/mol. The van der Waals surface area contributed by atoms with Crippen LogP contribution < -0.4 is 9.80 Å². The van der Waals surface area contributed by atoms with E-state index in [-0.39, 0.29) is 29.1 Å². The molecule has 0 radical (unpaired) electrons. The van der Waals surface area contributed by atoms with Crippen LogP contribution in [0.4, 0.5) is 23.5 Å². The first kappa shape index (κ1) is 33.3. The van der Waals surface area contributed by atoms with E-state index < -0.39 is 11.7 Å². The highest BCUT2D eigenvalue weighted by atomic mass is 16.4. The number of rotatable bonds is 13. The van der Waals surface area contributed by atoms with Crippen LogP contribution in [0, 0.1) is 0 Å². The summed E-state index contributed by atoms with van der Waals surface area (Å²) in [6, 6.07) is 31.0. The van der Waals surface area contributed by atoms with Gasteiger partial charge in [0.05, 0.1) is 49.0 Å². The second kappa shape index (κ2) is 15.6. The van der Waals surface area contributed by atoms with Crippen LogP contribution in [-0.2, 0) is 26.2 Å². The van der Waals surface area contributed by atoms with Crippen molar-refractivity contribution in [2.75, 3.05) is 9.80 Å². The van der Waals surface area contributed by atoms with Crippen molar-refractivity contribution in [3.05, 3.63) is 156 Å². The zero-order chi connectivity index (χ0) is 35.7. The van der Waals surface area contributed by atoms with Gasteiger partial charge in [-0.25, -0.2) is 4.79 Å². The molecule has 2 N–H and O–H groups in total. The first-order chi connectivity index (χ1) is 25.5. The van der Waals surface area contributed by atoms with Gasteiger partial charge in [-0.1, -0.05) is 48.5 Å². The molecule has 0 amide bonds. The third kappa shape index (κ3) is 7.97. The summed E-state index contributed by atoms with van der Waals surface area (Å²) in [4.78, 5) is 48.4. The molecule has 0 spiro atoms. The summed E-state index contributed by atoms with van der Waals surface area (Å²) in [6.45, 7) is 1.29. The highest BCUT2D eigenvalue weighted by Crippen LogP contribution is 2.39. The van der Waals surface area contributed by atoms with Crippen LogP contribution in [0.3, 0.4) is 0 Å². The molecular formula is C38H31N11O3. The molecule has 14 nitrogen and oxygen atoms in total. The maximum absolute atomic E-state index is 12.0. The molecule has 52 heavy (non-hydrogen) atoms. The Labute approximate surface area is 297 Å². The van der Waals surface area contributed by atoms with Gasteiger partial charge in [-0.2, -0.15) is 15.0 Å². The summed E-state index contributed by atoms with van der Waals surface area (Å²) in [7, 11) is 0. The zero-order valence-corrected chi connectivity index (χ0v) is 27.7. The number of benzene rings is 2. The lowest BCUT2D eigenvalue weighted by Gasteiger charge is -2.26.